The molecule has 0 aromatic rings. The SMILES string of the molecule is O=C1CC2(CCCCC2)CC(=O)N1C1CCCCC1O. The molecule has 2 aliphatic carbocycles. The van der Waals surface area contributed by atoms with E-state index in [1.807, 2.05) is 0 Å². The molecule has 3 fully saturated rings. The molecule has 2 unspecified atom stereocenters. The summed E-state index contributed by atoms with van der Waals surface area (Å²) in [6.45, 7) is 0. The molecule has 2 amide bonds. The summed E-state index contributed by atoms with van der Waals surface area (Å²) in [7, 11) is 0. The number of rotatable bonds is 1. The largest absolute Gasteiger partial charge is 0.391 e. The van der Waals surface area contributed by atoms with Crippen LogP contribution in [-0.4, -0.2) is 34.0 Å². The molecule has 0 bridgehead atoms. The van der Waals surface area contributed by atoms with Gasteiger partial charge in [-0.2, -0.15) is 0 Å². The van der Waals surface area contributed by atoms with E-state index in [9.17, 15) is 14.7 Å². The number of likely N-dealkylation sites (tertiary alicyclic amines) is 1. The third-order valence-corrected chi connectivity index (χ3v) is 5.53. The molecule has 1 aliphatic heterocycles. The zero-order chi connectivity index (χ0) is 14.2. The van der Waals surface area contributed by atoms with Crippen molar-refractivity contribution in [1.29, 1.82) is 0 Å². The first-order valence-corrected chi connectivity index (χ1v) is 8.14. The minimum absolute atomic E-state index is 0.0332. The van der Waals surface area contributed by atoms with Crippen molar-refractivity contribution in [2.45, 2.75) is 82.8 Å². The van der Waals surface area contributed by atoms with E-state index < -0.39 is 6.10 Å². The Labute approximate surface area is 120 Å². The first kappa shape index (κ1) is 14.1. The van der Waals surface area contributed by atoms with Crippen molar-refractivity contribution in [3.63, 3.8) is 0 Å². The second kappa shape index (κ2) is 5.47. The Morgan fingerprint density at radius 1 is 0.900 bits per heavy atom. The predicted octanol–water partition coefficient (Wildman–Crippen LogP) is 2.39. The first-order chi connectivity index (χ1) is 9.61. The maximum absolute atomic E-state index is 12.5. The number of aliphatic hydroxyl groups excluding tert-OH is 1. The number of aliphatic hydroxyl groups is 1. The summed E-state index contributed by atoms with van der Waals surface area (Å²) >= 11 is 0. The Morgan fingerprint density at radius 2 is 1.50 bits per heavy atom. The zero-order valence-electron chi connectivity index (χ0n) is 12.1. The lowest BCUT2D eigenvalue weighted by atomic mass is 9.67. The van der Waals surface area contributed by atoms with Crippen molar-refractivity contribution in [3.8, 4) is 0 Å². The standard InChI is InChI=1S/C16H25NO3/c18-13-7-3-2-6-12(13)17-14(19)10-16(11-15(17)20)8-4-1-5-9-16/h12-13,18H,1-11H2. The lowest BCUT2D eigenvalue weighted by Crippen LogP contribution is -2.56. The van der Waals surface area contributed by atoms with Gasteiger partial charge in [-0.3, -0.25) is 14.5 Å². The summed E-state index contributed by atoms with van der Waals surface area (Å²) < 4.78 is 0. The summed E-state index contributed by atoms with van der Waals surface area (Å²) in [5, 5.41) is 10.1. The highest BCUT2D eigenvalue weighted by Gasteiger charge is 2.47. The molecule has 3 aliphatic rings. The van der Waals surface area contributed by atoms with Crippen LogP contribution in [-0.2, 0) is 9.59 Å². The van der Waals surface area contributed by atoms with Gasteiger partial charge in [-0.15, -0.1) is 0 Å². The van der Waals surface area contributed by atoms with Crippen LogP contribution in [0, 0.1) is 5.41 Å². The monoisotopic (exact) mass is 279 g/mol. The molecule has 2 atom stereocenters. The van der Waals surface area contributed by atoms with Crippen LogP contribution in [0.15, 0.2) is 0 Å². The second-order valence-corrected chi connectivity index (χ2v) is 6.99. The number of carbonyl (C=O) groups is 2. The van der Waals surface area contributed by atoms with Crippen molar-refractivity contribution in [1.82, 2.24) is 4.90 Å². The molecule has 0 aromatic carbocycles. The average molecular weight is 279 g/mol. The van der Waals surface area contributed by atoms with Gasteiger partial charge in [0, 0.05) is 12.8 Å². The minimum atomic E-state index is -0.517. The fourth-order valence-electron chi connectivity index (χ4n) is 4.43. The molecule has 0 aromatic heterocycles. The Bertz CT molecular complexity index is 381. The number of imide groups is 1. The number of carbonyl (C=O) groups excluding carboxylic acids is 2. The van der Waals surface area contributed by atoms with Crippen molar-refractivity contribution in [3.05, 3.63) is 0 Å². The van der Waals surface area contributed by atoms with E-state index in [-0.39, 0.29) is 23.3 Å². The molecule has 1 heterocycles. The van der Waals surface area contributed by atoms with Gasteiger partial charge in [0.05, 0.1) is 12.1 Å². The van der Waals surface area contributed by atoms with Gasteiger partial charge in [0.15, 0.2) is 0 Å². The van der Waals surface area contributed by atoms with Crippen LogP contribution in [0.4, 0.5) is 0 Å². The minimum Gasteiger partial charge on any atom is -0.391 e. The van der Waals surface area contributed by atoms with Crippen molar-refractivity contribution in [2.75, 3.05) is 0 Å². The van der Waals surface area contributed by atoms with Crippen molar-refractivity contribution < 1.29 is 14.7 Å². The van der Waals surface area contributed by atoms with Crippen LogP contribution < -0.4 is 0 Å². The Hall–Kier alpha value is -0.900. The first-order valence-electron chi connectivity index (χ1n) is 8.14. The molecule has 0 radical (unpaired) electrons. The van der Waals surface area contributed by atoms with E-state index in [2.05, 4.69) is 0 Å². The fraction of sp³-hybridized carbons (Fsp3) is 0.875. The van der Waals surface area contributed by atoms with Crippen LogP contribution in [0.5, 0.6) is 0 Å². The molecule has 4 heteroatoms. The van der Waals surface area contributed by atoms with Gasteiger partial charge in [-0.05, 0) is 31.1 Å². The highest BCUT2D eigenvalue weighted by atomic mass is 16.3. The Morgan fingerprint density at radius 3 is 2.10 bits per heavy atom. The molecule has 1 saturated heterocycles. The molecule has 1 spiro atoms. The Kier molecular flexibility index (Phi) is 3.85. The van der Waals surface area contributed by atoms with Gasteiger partial charge in [0.2, 0.25) is 11.8 Å². The predicted molar refractivity (Wildman–Crippen MR) is 74.9 cm³/mol. The van der Waals surface area contributed by atoms with Gasteiger partial charge in [-0.1, -0.05) is 32.1 Å². The smallest absolute Gasteiger partial charge is 0.230 e. The summed E-state index contributed by atoms with van der Waals surface area (Å²) in [6.07, 6.45) is 9.56. The lowest BCUT2D eigenvalue weighted by molar-refractivity contribution is -0.162. The number of nitrogens with zero attached hydrogens (tertiary/aromatic N) is 1. The summed E-state index contributed by atoms with van der Waals surface area (Å²) in [4.78, 5) is 26.5. The third kappa shape index (κ3) is 2.50. The molecule has 1 N–H and O–H groups in total. The average Bonchev–Trinajstić information content (AvgIpc) is 2.41. The molecule has 4 nitrogen and oxygen atoms in total. The lowest BCUT2D eigenvalue weighted by Gasteiger charge is -2.46. The van der Waals surface area contributed by atoms with E-state index in [0.717, 1.165) is 44.9 Å². The van der Waals surface area contributed by atoms with E-state index in [1.165, 1.54) is 11.3 Å². The number of hydrogen-bond acceptors (Lipinski definition) is 3. The van der Waals surface area contributed by atoms with Crippen molar-refractivity contribution >= 4 is 11.8 Å². The zero-order valence-corrected chi connectivity index (χ0v) is 12.1. The van der Waals surface area contributed by atoms with Gasteiger partial charge < -0.3 is 5.11 Å². The van der Waals surface area contributed by atoms with Gasteiger partial charge in [-0.25, -0.2) is 0 Å². The van der Waals surface area contributed by atoms with Gasteiger partial charge in [0.1, 0.15) is 0 Å². The summed E-state index contributed by atoms with van der Waals surface area (Å²) in [5.41, 5.74) is -0.0530. The maximum atomic E-state index is 12.5. The summed E-state index contributed by atoms with van der Waals surface area (Å²) in [5.74, 6) is -0.0665. The molecular weight excluding hydrogens is 254 g/mol. The van der Waals surface area contributed by atoms with Crippen LogP contribution in [0.1, 0.15) is 70.6 Å². The number of hydrogen-bond donors (Lipinski definition) is 1. The van der Waals surface area contributed by atoms with Crippen LogP contribution in [0.2, 0.25) is 0 Å². The molecule has 3 rings (SSSR count). The number of piperidine rings is 1. The normalized spacial score (nSPS) is 34.5. The van der Waals surface area contributed by atoms with Gasteiger partial charge >= 0.3 is 0 Å². The Balaban J connectivity index is 1.75. The van der Waals surface area contributed by atoms with Crippen LogP contribution >= 0.6 is 0 Å². The van der Waals surface area contributed by atoms with Crippen LogP contribution in [0.25, 0.3) is 0 Å². The third-order valence-electron chi connectivity index (χ3n) is 5.53. The molecular formula is C16H25NO3. The van der Waals surface area contributed by atoms with E-state index in [4.69, 9.17) is 0 Å². The van der Waals surface area contributed by atoms with E-state index in [0.29, 0.717) is 19.3 Å². The highest BCUT2D eigenvalue weighted by Crippen LogP contribution is 2.46. The van der Waals surface area contributed by atoms with Crippen LogP contribution in [0.3, 0.4) is 0 Å². The second-order valence-electron chi connectivity index (χ2n) is 6.99. The number of amides is 2. The van der Waals surface area contributed by atoms with Crippen molar-refractivity contribution in [2.24, 2.45) is 5.41 Å². The highest BCUT2D eigenvalue weighted by molar-refractivity contribution is 5.99. The molecule has 2 saturated carbocycles. The maximum Gasteiger partial charge on any atom is 0.230 e. The topological polar surface area (TPSA) is 57.6 Å². The molecule has 20 heavy (non-hydrogen) atoms. The van der Waals surface area contributed by atoms with Gasteiger partial charge in [0.25, 0.3) is 0 Å². The van der Waals surface area contributed by atoms with E-state index >= 15 is 0 Å². The summed E-state index contributed by atoms with van der Waals surface area (Å²) in [6, 6.07) is -0.260. The quantitative estimate of drug-likeness (QED) is 0.750. The molecule has 112 valence electrons. The fourth-order valence-corrected chi connectivity index (χ4v) is 4.43. The van der Waals surface area contributed by atoms with E-state index in [1.54, 1.807) is 0 Å².